The van der Waals surface area contributed by atoms with Crippen molar-refractivity contribution in [1.29, 1.82) is 0 Å². The second kappa shape index (κ2) is 26.9. The van der Waals surface area contributed by atoms with E-state index in [0.29, 0.717) is 0 Å². The van der Waals surface area contributed by atoms with Crippen LogP contribution in [0.15, 0.2) is 18.7 Å². The van der Waals surface area contributed by atoms with Gasteiger partial charge in [-0.05, 0) is 38.5 Å². The maximum Gasteiger partial charge on any atom is 0.267 e. The number of phosphoric acid groups is 1. The molecule has 0 saturated heterocycles. The number of unbranched alkanes of at least 4 members (excludes halogenated alkanes) is 15. The molecule has 0 saturated carbocycles. The topological polar surface area (TPSA) is 67.4 Å². The van der Waals surface area contributed by atoms with Gasteiger partial charge < -0.3 is 13.9 Å². The van der Waals surface area contributed by atoms with Gasteiger partial charge in [-0.2, -0.15) is 0 Å². The summed E-state index contributed by atoms with van der Waals surface area (Å²) in [5, 5.41) is 0. The number of hydrogen-bond acceptors (Lipinski definition) is 4. The highest BCUT2D eigenvalue weighted by Crippen LogP contribution is 2.38. The van der Waals surface area contributed by atoms with E-state index in [1.54, 1.807) is 0 Å². The summed E-state index contributed by atoms with van der Waals surface area (Å²) >= 11 is 0. The highest BCUT2D eigenvalue weighted by molar-refractivity contribution is 7.45. The SMILES string of the molecule is CCCCCCCCC[n+]1ccn(CCCCCC)c1.CCCCCCOP(=O)([O-])OCCCCCC. The Morgan fingerprint density at radius 2 is 1.08 bits per heavy atom. The second-order valence-corrected chi connectivity index (χ2v) is 11.7. The molecule has 1 rings (SSSR count). The first kappa shape index (κ1) is 36.3. The first-order valence-electron chi connectivity index (χ1n) is 15.6. The summed E-state index contributed by atoms with van der Waals surface area (Å²) in [5.41, 5.74) is 0. The molecule has 6 nitrogen and oxygen atoms in total. The molecule has 0 bridgehead atoms. The summed E-state index contributed by atoms with van der Waals surface area (Å²) in [6.07, 6.45) is 29.9. The number of imidazole rings is 1. The van der Waals surface area contributed by atoms with Crippen LogP contribution >= 0.6 is 7.82 Å². The van der Waals surface area contributed by atoms with E-state index >= 15 is 0 Å². The van der Waals surface area contributed by atoms with Crippen molar-refractivity contribution >= 4 is 7.82 Å². The molecule has 0 radical (unpaired) electrons. The summed E-state index contributed by atoms with van der Waals surface area (Å²) in [5.74, 6) is 0. The molecule has 0 unspecified atom stereocenters. The van der Waals surface area contributed by atoms with Crippen LogP contribution in [0.4, 0.5) is 0 Å². The van der Waals surface area contributed by atoms with E-state index in [4.69, 9.17) is 9.05 Å². The molecular formula is C30H61N2O4P. The number of hydrogen-bond donors (Lipinski definition) is 0. The number of nitrogens with zero attached hydrogens (tertiary/aromatic N) is 2. The van der Waals surface area contributed by atoms with Crippen LogP contribution in [0.1, 0.15) is 150 Å². The van der Waals surface area contributed by atoms with Crippen molar-refractivity contribution in [1.82, 2.24) is 4.57 Å². The van der Waals surface area contributed by atoms with Crippen molar-refractivity contribution in [2.45, 2.75) is 163 Å². The maximum atomic E-state index is 11.3. The molecule has 0 spiro atoms. The summed E-state index contributed by atoms with van der Waals surface area (Å²) in [6, 6.07) is 0. The van der Waals surface area contributed by atoms with E-state index in [1.807, 2.05) is 0 Å². The van der Waals surface area contributed by atoms with Crippen LogP contribution in [0.2, 0.25) is 0 Å². The molecule has 0 fully saturated rings. The fraction of sp³-hybridized carbons (Fsp3) is 0.900. The van der Waals surface area contributed by atoms with Crippen LogP contribution < -0.4 is 9.46 Å². The van der Waals surface area contributed by atoms with Crippen LogP contribution in [0.5, 0.6) is 0 Å². The minimum absolute atomic E-state index is 0.246. The van der Waals surface area contributed by atoms with Crippen molar-refractivity contribution in [2.75, 3.05) is 13.2 Å². The molecule has 220 valence electrons. The Hall–Kier alpha value is -0.680. The van der Waals surface area contributed by atoms with Crippen molar-refractivity contribution < 1.29 is 23.1 Å². The van der Waals surface area contributed by atoms with Gasteiger partial charge in [0.2, 0.25) is 6.33 Å². The summed E-state index contributed by atoms with van der Waals surface area (Å²) in [7, 11) is -4.04. The van der Waals surface area contributed by atoms with Crippen molar-refractivity contribution in [3.05, 3.63) is 18.7 Å². The summed E-state index contributed by atoms with van der Waals surface area (Å²) < 4.78 is 25.5. The zero-order chi connectivity index (χ0) is 27.5. The van der Waals surface area contributed by atoms with Crippen molar-refractivity contribution in [3.63, 3.8) is 0 Å². The van der Waals surface area contributed by atoms with E-state index in [0.717, 1.165) is 51.4 Å². The molecule has 1 heterocycles. The van der Waals surface area contributed by atoms with Gasteiger partial charge >= 0.3 is 0 Å². The lowest BCUT2D eigenvalue weighted by molar-refractivity contribution is -0.696. The normalized spacial score (nSPS) is 11.5. The van der Waals surface area contributed by atoms with E-state index < -0.39 is 7.82 Å². The third-order valence-electron chi connectivity index (χ3n) is 6.53. The largest absolute Gasteiger partial charge is 0.756 e. The smallest absolute Gasteiger partial charge is 0.267 e. The average Bonchev–Trinajstić information content (AvgIpc) is 3.34. The highest BCUT2D eigenvalue weighted by Gasteiger charge is 2.08. The van der Waals surface area contributed by atoms with Crippen LogP contribution in [0, 0.1) is 0 Å². The quantitative estimate of drug-likeness (QED) is 0.0701. The van der Waals surface area contributed by atoms with Gasteiger partial charge in [0, 0.05) is 0 Å². The summed E-state index contributed by atoms with van der Waals surface area (Å²) in [6.45, 7) is 11.6. The second-order valence-electron chi connectivity index (χ2n) is 10.3. The van der Waals surface area contributed by atoms with E-state index in [2.05, 4.69) is 55.6 Å². The van der Waals surface area contributed by atoms with Gasteiger partial charge in [0.25, 0.3) is 7.82 Å². The maximum absolute atomic E-state index is 11.3. The predicted molar refractivity (Wildman–Crippen MR) is 155 cm³/mol. The van der Waals surface area contributed by atoms with Gasteiger partial charge in [0.05, 0.1) is 26.3 Å². The first-order chi connectivity index (χ1) is 18.0. The monoisotopic (exact) mass is 544 g/mol. The first-order valence-corrected chi connectivity index (χ1v) is 17.1. The molecule has 1 aromatic rings. The zero-order valence-corrected chi connectivity index (χ0v) is 25.9. The van der Waals surface area contributed by atoms with E-state index in [9.17, 15) is 9.46 Å². The Kier molecular flexibility index (Phi) is 26.4. The molecule has 7 heteroatoms. The molecule has 0 aliphatic carbocycles. The minimum atomic E-state index is -4.04. The molecular weight excluding hydrogens is 483 g/mol. The van der Waals surface area contributed by atoms with E-state index in [1.165, 1.54) is 83.7 Å². The fourth-order valence-electron chi connectivity index (χ4n) is 4.12. The molecule has 37 heavy (non-hydrogen) atoms. The Bertz CT molecular complexity index is 621. The Balaban J connectivity index is 0.000000712. The standard InChI is InChI=1S/C18H35N2.C12H27O4P/c1-3-5-7-9-10-11-13-15-20-17-16-19(18-20)14-12-8-6-4-2;1-3-5-7-9-11-15-17(13,14)16-12-10-8-6-4-2/h16-18H,3-15H2,1-2H3;3-12H2,1-2H3,(H,13,14)/q+1;/p-1. The van der Waals surface area contributed by atoms with Gasteiger partial charge in [-0.1, -0.05) is 111 Å². The number of aryl methyl sites for hydroxylation is 2. The van der Waals surface area contributed by atoms with Crippen LogP contribution in [-0.2, 0) is 26.7 Å². The molecule has 0 atom stereocenters. The van der Waals surface area contributed by atoms with Crippen LogP contribution in [0.25, 0.3) is 0 Å². The van der Waals surface area contributed by atoms with Crippen LogP contribution in [0.3, 0.4) is 0 Å². The molecule has 0 aliphatic rings. The van der Waals surface area contributed by atoms with Gasteiger partial charge in [-0.15, -0.1) is 0 Å². The van der Waals surface area contributed by atoms with Gasteiger partial charge in [-0.25, -0.2) is 9.13 Å². The lowest BCUT2D eigenvalue weighted by Crippen LogP contribution is -2.30. The predicted octanol–water partition coefficient (Wildman–Crippen LogP) is 8.76. The average molecular weight is 545 g/mol. The Morgan fingerprint density at radius 1 is 0.649 bits per heavy atom. The third-order valence-corrected chi connectivity index (χ3v) is 7.53. The lowest BCUT2D eigenvalue weighted by atomic mass is 10.1. The molecule has 0 aliphatic heterocycles. The summed E-state index contributed by atoms with van der Waals surface area (Å²) in [4.78, 5) is 11.3. The Labute approximate surface area is 230 Å². The van der Waals surface area contributed by atoms with Crippen LogP contribution in [-0.4, -0.2) is 17.8 Å². The van der Waals surface area contributed by atoms with Gasteiger partial charge in [-0.3, -0.25) is 4.57 Å². The molecule has 0 amide bonds. The highest BCUT2D eigenvalue weighted by atomic mass is 31.2. The number of phosphoric ester groups is 1. The van der Waals surface area contributed by atoms with Gasteiger partial charge in [0.1, 0.15) is 12.4 Å². The van der Waals surface area contributed by atoms with E-state index in [-0.39, 0.29) is 13.2 Å². The number of rotatable bonds is 25. The lowest BCUT2D eigenvalue weighted by Gasteiger charge is -2.22. The Morgan fingerprint density at radius 3 is 1.59 bits per heavy atom. The third kappa shape index (κ3) is 25.4. The van der Waals surface area contributed by atoms with Crippen molar-refractivity contribution in [3.8, 4) is 0 Å². The molecule has 1 aromatic heterocycles. The van der Waals surface area contributed by atoms with Gasteiger partial charge in [0.15, 0.2) is 0 Å². The molecule has 0 N–H and O–H groups in total. The van der Waals surface area contributed by atoms with Crippen molar-refractivity contribution in [2.24, 2.45) is 0 Å². The fourth-order valence-corrected chi connectivity index (χ4v) is 4.90. The minimum Gasteiger partial charge on any atom is -0.756 e. The zero-order valence-electron chi connectivity index (χ0n) is 25.0. The number of aromatic nitrogens is 2. The molecule has 0 aromatic carbocycles.